The predicted octanol–water partition coefficient (Wildman–Crippen LogP) is 3.67. The Bertz CT molecular complexity index is 899. The lowest BCUT2D eigenvalue weighted by Crippen LogP contribution is -2.42. The van der Waals surface area contributed by atoms with Crippen LogP contribution < -0.4 is 9.50 Å². The first-order chi connectivity index (χ1) is 13.2. The van der Waals surface area contributed by atoms with Crippen molar-refractivity contribution in [2.24, 2.45) is 0 Å². The summed E-state index contributed by atoms with van der Waals surface area (Å²) >= 11 is 0. The summed E-state index contributed by atoms with van der Waals surface area (Å²) in [6.07, 6.45) is 0. The average molecular weight is 408 g/mol. The Morgan fingerprint density at radius 2 is 1.75 bits per heavy atom. The highest BCUT2D eigenvalue weighted by atomic mass is 32.2. The van der Waals surface area contributed by atoms with E-state index in [1.165, 1.54) is 24.0 Å². The van der Waals surface area contributed by atoms with Gasteiger partial charge in [0.15, 0.2) is 0 Å². The molecule has 0 aromatic heterocycles. The summed E-state index contributed by atoms with van der Waals surface area (Å²) in [5, 5.41) is 2.83. The molecule has 0 spiro atoms. The van der Waals surface area contributed by atoms with E-state index in [9.17, 15) is 17.6 Å². The van der Waals surface area contributed by atoms with Gasteiger partial charge in [-0.3, -0.25) is 0 Å². The molecule has 8 heteroatoms. The molecule has 0 bridgehead atoms. The van der Waals surface area contributed by atoms with Gasteiger partial charge in [-0.25, -0.2) is 9.18 Å². The summed E-state index contributed by atoms with van der Waals surface area (Å²) in [5.41, 5.74) is 1.31. The van der Waals surface area contributed by atoms with E-state index in [0.29, 0.717) is 5.56 Å². The Kier molecular flexibility index (Phi) is 7.39. The minimum absolute atomic E-state index is 0.0739. The molecule has 28 heavy (non-hydrogen) atoms. The summed E-state index contributed by atoms with van der Waals surface area (Å²) in [4.78, 5) is 14.2. The molecule has 0 radical (unpaired) electrons. The quantitative estimate of drug-likeness (QED) is 0.676. The first kappa shape index (κ1) is 21.7. The lowest BCUT2D eigenvalue weighted by atomic mass is 10.1. The second-order valence-electron chi connectivity index (χ2n) is 6.62. The summed E-state index contributed by atoms with van der Waals surface area (Å²) in [5.74, 6) is -0.328. The van der Waals surface area contributed by atoms with Crippen molar-refractivity contribution in [3.05, 3.63) is 65.5 Å². The van der Waals surface area contributed by atoms with Crippen LogP contribution in [0.5, 0.6) is 5.75 Å². The van der Waals surface area contributed by atoms with Gasteiger partial charge in [-0.2, -0.15) is 8.42 Å². The highest BCUT2D eigenvalue weighted by Gasteiger charge is 2.19. The molecule has 2 rings (SSSR count). The highest BCUT2D eigenvalue weighted by molar-refractivity contribution is 7.87. The molecule has 2 aromatic rings. The van der Waals surface area contributed by atoms with E-state index in [0.717, 1.165) is 5.56 Å². The van der Waals surface area contributed by atoms with E-state index < -0.39 is 10.1 Å². The van der Waals surface area contributed by atoms with Gasteiger partial charge in [-0.15, -0.1) is 0 Å². The largest absolute Gasteiger partial charge is 0.382 e. The van der Waals surface area contributed by atoms with Crippen LogP contribution in [-0.2, 0) is 23.2 Å². The van der Waals surface area contributed by atoms with E-state index in [1.54, 1.807) is 36.4 Å². The zero-order valence-electron chi connectivity index (χ0n) is 16.2. The first-order valence-electron chi connectivity index (χ1n) is 9.00. The third-order valence-corrected chi connectivity index (χ3v) is 5.03. The molecule has 0 fully saturated rings. The van der Waals surface area contributed by atoms with Crippen LogP contribution in [0.1, 0.15) is 31.9 Å². The SMILES string of the molecule is CCS(=O)(=O)Oc1ccccc1CN(Cc1ccc(F)cc1)C(=O)NC(C)C. The van der Waals surface area contributed by atoms with Crippen LogP contribution in [0.25, 0.3) is 0 Å². The van der Waals surface area contributed by atoms with Gasteiger partial charge in [0.2, 0.25) is 0 Å². The van der Waals surface area contributed by atoms with Gasteiger partial charge in [0.05, 0.1) is 12.3 Å². The molecule has 0 saturated carbocycles. The average Bonchev–Trinajstić information content (AvgIpc) is 2.63. The van der Waals surface area contributed by atoms with Gasteiger partial charge in [-0.1, -0.05) is 30.3 Å². The lowest BCUT2D eigenvalue weighted by molar-refractivity contribution is 0.189. The number of carbonyl (C=O) groups excluding carboxylic acids is 1. The molecule has 0 aliphatic rings. The number of hydrogen-bond donors (Lipinski definition) is 1. The second-order valence-corrected chi connectivity index (χ2v) is 8.48. The topological polar surface area (TPSA) is 75.7 Å². The zero-order valence-corrected chi connectivity index (χ0v) is 17.0. The van der Waals surface area contributed by atoms with Crippen molar-refractivity contribution in [3.63, 3.8) is 0 Å². The Hall–Kier alpha value is -2.61. The maximum Gasteiger partial charge on any atom is 0.318 e. The number of amides is 2. The number of nitrogens with one attached hydrogen (secondary N) is 1. The number of hydrogen-bond acceptors (Lipinski definition) is 4. The maximum atomic E-state index is 13.2. The molecule has 0 saturated heterocycles. The Morgan fingerprint density at radius 1 is 1.11 bits per heavy atom. The fourth-order valence-corrected chi connectivity index (χ4v) is 3.02. The number of carbonyl (C=O) groups is 1. The molecule has 0 heterocycles. The van der Waals surface area contributed by atoms with Crippen LogP contribution >= 0.6 is 0 Å². The highest BCUT2D eigenvalue weighted by Crippen LogP contribution is 2.23. The minimum Gasteiger partial charge on any atom is -0.382 e. The van der Waals surface area contributed by atoms with Crippen molar-refractivity contribution in [2.45, 2.75) is 39.9 Å². The first-order valence-corrected chi connectivity index (χ1v) is 10.6. The number of urea groups is 1. The normalized spacial score (nSPS) is 11.3. The number of rotatable bonds is 8. The molecule has 152 valence electrons. The van der Waals surface area contributed by atoms with Crippen LogP contribution in [-0.4, -0.2) is 31.1 Å². The van der Waals surface area contributed by atoms with Gasteiger partial charge in [-0.05, 0) is 44.5 Å². The monoisotopic (exact) mass is 408 g/mol. The molecule has 0 aliphatic carbocycles. The van der Waals surface area contributed by atoms with Gasteiger partial charge in [0.25, 0.3) is 0 Å². The summed E-state index contributed by atoms with van der Waals surface area (Å²) in [7, 11) is -3.69. The minimum atomic E-state index is -3.69. The molecule has 0 aliphatic heterocycles. The molecule has 6 nitrogen and oxygen atoms in total. The fourth-order valence-electron chi connectivity index (χ4n) is 2.47. The van der Waals surface area contributed by atoms with Crippen molar-refractivity contribution < 1.29 is 21.8 Å². The van der Waals surface area contributed by atoms with Gasteiger partial charge < -0.3 is 14.4 Å². The van der Waals surface area contributed by atoms with E-state index >= 15 is 0 Å². The van der Waals surface area contributed by atoms with E-state index in [-0.39, 0.29) is 42.5 Å². The zero-order chi connectivity index (χ0) is 20.7. The summed E-state index contributed by atoms with van der Waals surface area (Å²) in [6.45, 7) is 5.55. The van der Waals surface area contributed by atoms with Crippen LogP contribution in [0, 0.1) is 5.82 Å². The standard InChI is InChI=1S/C20H25FN2O4S/c1-4-28(25,26)27-19-8-6-5-7-17(19)14-23(20(24)22-15(2)3)13-16-9-11-18(21)12-10-16/h5-12,15H,4,13-14H2,1-3H3,(H,22,24). The van der Waals surface area contributed by atoms with Gasteiger partial charge >= 0.3 is 16.1 Å². The van der Waals surface area contributed by atoms with Crippen molar-refractivity contribution in [1.82, 2.24) is 10.2 Å². The molecule has 2 amide bonds. The third-order valence-electron chi connectivity index (χ3n) is 3.89. The van der Waals surface area contributed by atoms with E-state index in [2.05, 4.69) is 5.32 Å². The molecular formula is C20H25FN2O4S. The smallest absolute Gasteiger partial charge is 0.318 e. The number of para-hydroxylation sites is 1. The summed E-state index contributed by atoms with van der Waals surface area (Å²) < 4.78 is 42.1. The molecular weight excluding hydrogens is 383 g/mol. The fraction of sp³-hybridized carbons (Fsp3) is 0.350. The molecule has 0 atom stereocenters. The Morgan fingerprint density at radius 3 is 2.36 bits per heavy atom. The maximum absolute atomic E-state index is 13.2. The van der Waals surface area contributed by atoms with Crippen LogP contribution in [0.4, 0.5) is 9.18 Å². The molecule has 1 N–H and O–H groups in total. The Labute approximate surface area is 165 Å². The van der Waals surface area contributed by atoms with Gasteiger partial charge in [0.1, 0.15) is 11.6 Å². The van der Waals surface area contributed by atoms with E-state index in [4.69, 9.17) is 4.18 Å². The molecule has 0 unspecified atom stereocenters. The predicted molar refractivity (Wildman–Crippen MR) is 106 cm³/mol. The van der Waals surface area contributed by atoms with Gasteiger partial charge in [0, 0.05) is 18.2 Å². The second kappa shape index (κ2) is 9.54. The van der Waals surface area contributed by atoms with Crippen molar-refractivity contribution in [2.75, 3.05) is 5.75 Å². The Balaban J connectivity index is 2.29. The lowest BCUT2D eigenvalue weighted by Gasteiger charge is -2.25. The van der Waals surface area contributed by atoms with Crippen molar-refractivity contribution in [3.8, 4) is 5.75 Å². The number of nitrogens with zero attached hydrogens (tertiary/aromatic N) is 1. The van der Waals surface area contributed by atoms with Crippen LogP contribution in [0.2, 0.25) is 0 Å². The number of halogens is 1. The van der Waals surface area contributed by atoms with Crippen molar-refractivity contribution in [1.29, 1.82) is 0 Å². The third kappa shape index (κ3) is 6.53. The van der Waals surface area contributed by atoms with Crippen LogP contribution in [0.3, 0.4) is 0 Å². The molecule has 2 aromatic carbocycles. The van der Waals surface area contributed by atoms with Crippen molar-refractivity contribution >= 4 is 16.1 Å². The van der Waals surface area contributed by atoms with Crippen LogP contribution in [0.15, 0.2) is 48.5 Å². The van der Waals surface area contributed by atoms with E-state index in [1.807, 2.05) is 13.8 Å². The summed E-state index contributed by atoms with van der Waals surface area (Å²) in [6, 6.07) is 12.2. The number of benzene rings is 2.